The van der Waals surface area contributed by atoms with Crippen molar-refractivity contribution in [2.24, 2.45) is 23.7 Å². The summed E-state index contributed by atoms with van der Waals surface area (Å²) in [6.07, 6.45) is -2.61. The molecule has 0 aromatic carbocycles. The number of rotatable bonds is 5. The van der Waals surface area contributed by atoms with Crippen molar-refractivity contribution < 1.29 is 156 Å². The number of carbonyl (C=O) groups excluding carboxylic acids is 3. The first-order valence-electron chi connectivity index (χ1n) is 12.0. The third-order valence-electron chi connectivity index (χ3n) is 7.69. The minimum atomic E-state index is -6.17. The van der Waals surface area contributed by atoms with Crippen LogP contribution in [-0.2, 0) is 63.1 Å². The molecule has 0 aromatic rings. The fourth-order valence-corrected chi connectivity index (χ4v) is 6.15. The van der Waals surface area contributed by atoms with Crippen molar-refractivity contribution in [3.63, 3.8) is 0 Å². The Labute approximate surface area is 294 Å². The molecule has 4 bridgehead atoms. The molecule has 0 spiro atoms. The number of carboxylic acids is 1. The van der Waals surface area contributed by atoms with Crippen LogP contribution in [-0.4, -0.2) is 120 Å². The SMILES string of the molecule is O=C(O)C(F)(F)S(=O)(=O)[O-].O=C1OCC2C3CC(O)C(O3)C12.O=C1OCC2C3CC(OC(=O)C(F)(F)S(=O)(=O)[O-])C(O3)C12.[Na+].[Na+]. The molecule has 10 atom stereocenters. The van der Waals surface area contributed by atoms with Gasteiger partial charge in [-0.2, -0.15) is 17.6 Å². The van der Waals surface area contributed by atoms with E-state index in [1.807, 2.05) is 0 Å². The van der Waals surface area contributed by atoms with E-state index < -0.39 is 79.0 Å². The second-order valence-electron chi connectivity index (χ2n) is 10.1. The van der Waals surface area contributed by atoms with Crippen LogP contribution in [0.25, 0.3) is 0 Å². The summed E-state index contributed by atoms with van der Waals surface area (Å²) in [4.78, 5) is 43.2. The number of hydrogen-bond donors (Lipinski definition) is 2. The van der Waals surface area contributed by atoms with E-state index >= 15 is 0 Å². The molecule has 2 N–H and O–H groups in total. The van der Waals surface area contributed by atoms with Gasteiger partial charge in [-0.05, 0) is 0 Å². The van der Waals surface area contributed by atoms with Crippen LogP contribution in [0, 0.1) is 23.7 Å². The summed E-state index contributed by atoms with van der Waals surface area (Å²) >= 11 is 0. The van der Waals surface area contributed by atoms with Crippen LogP contribution in [0.4, 0.5) is 17.6 Å². The minimum absolute atomic E-state index is 0. The van der Waals surface area contributed by atoms with Crippen LogP contribution >= 0.6 is 0 Å². The van der Waals surface area contributed by atoms with E-state index in [2.05, 4.69) is 4.74 Å². The second-order valence-corrected chi connectivity index (χ2v) is 13.0. The summed E-state index contributed by atoms with van der Waals surface area (Å²) in [7, 11) is -12.3. The van der Waals surface area contributed by atoms with E-state index in [0.29, 0.717) is 13.0 Å². The molecule has 0 radical (unpaired) electrons. The normalized spacial score (nSPS) is 35.6. The van der Waals surface area contributed by atoms with Crippen molar-refractivity contribution in [3.8, 4) is 0 Å². The van der Waals surface area contributed by atoms with Crippen molar-refractivity contribution in [2.45, 2.75) is 60.0 Å². The van der Waals surface area contributed by atoms with Gasteiger partial charge in [0.05, 0.1) is 49.5 Å². The number of carbonyl (C=O) groups is 4. The number of fused-ring (bicyclic) bond motifs is 10. The van der Waals surface area contributed by atoms with Crippen molar-refractivity contribution in [1.29, 1.82) is 0 Å². The molecular weight excluding hydrogens is 698 g/mol. The van der Waals surface area contributed by atoms with Gasteiger partial charge in [-0.3, -0.25) is 9.59 Å². The number of esters is 3. The molecule has 6 aliphatic rings. The predicted octanol–water partition coefficient (Wildman–Crippen LogP) is -8.48. The van der Waals surface area contributed by atoms with E-state index in [9.17, 15) is 67.8 Å². The zero-order valence-electron chi connectivity index (χ0n) is 22.9. The third kappa shape index (κ3) is 7.49. The molecule has 0 saturated carbocycles. The number of aliphatic hydroxyl groups is 1. The first kappa shape index (κ1) is 40.5. The van der Waals surface area contributed by atoms with E-state index in [1.54, 1.807) is 0 Å². The van der Waals surface area contributed by atoms with E-state index in [1.165, 1.54) is 0 Å². The molecule has 0 aromatic heterocycles. The van der Waals surface area contributed by atoms with Gasteiger partial charge in [0, 0.05) is 24.7 Å². The molecule has 6 fully saturated rings. The number of carboxylic acid groups (broad SMARTS) is 1. The van der Waals surface area contributed by atoms with Gasteiger partial charge in [0.15, 0.2) is 20.2 Å². The fourth-order valence-electron chi connectivity index (χ4n) is 5.69. The molecule has 0 amide bonds. The first-order valence-corrected chi connectivity index (χ1v) is 14.8. The largest absolute Gasteiger partial charge is 1.00 e. The Bertz CT molecular complexity index is 1410. The van der Waals surface area contributed by atoms with Crippen LogP contribution in [0.1, 0.15) is 12.8 Å². The molecule has 25 heteroatoms. The number of aliphatic carboxylic acids is 1. The molecule has 17 nitrogen and oxygen atoms in total. The molecule has 6 rings (SSSR count). The van der Waals surface area contributed by atoms with Gasteiger partial charge in [0.1, 0.15) is 12.2 Å². The molecule has 6 saturated heterocycles. The quantitative estimate of drug-likeness (QED) is 0.0878. The Morgan fingerprint density at radius 3 is 1.64 bits per heavy atom. The maximum Gasteiger partial charge on any atom is 1.00 e. The van der Waals surface area contributed by atoms with E-state index in [4.69, 9.17) is 24.1 Å². The average molecular weight is 718 g/mol. The summed E-state index contributed by atoms with van der Waals surface area (Å²) in [6, 6.07) is 0. The standard InChI is InChI=1S/C10H10F2O8S.C8H10O4.C2H2F2O5S.2Na/c11-10(12,21(15,16)17)9(14)20-5-1-4-3-2-18-8(13)6(3)7(5)19-4;9-4-1-5-3-2-11-8(10)6(3)7(4)12-5;3-2(4,1(5)6)10(7,8)9;;/h3-7H,1-2H2,(H,15,16,17);3-7,9H,1-2H2;(H,5,6)(H,7,8,9);;/q;;;2*+1/p-2. The smallest absolute Gasteiger partial charge is 0.743 e. The monoisotopic (exact) mass is 718 g/mol. The Hall–Kier alpha value is -0.700. The van der Waals surface area contributed by atoms with Crippen molar-refractivity contribution in [1.82, 2.24) is 0 Å². The van der Waals surface area contributed by atoms with Crippen LogP contribution in [0.5, 0.6) is 0 Å². The maximum absolute atomic E-state index is 13.1. The number of aliphatic hydroxyl groups excluding tert-OH is 1. The number of cyclic esters (lactones) is 2. The minimum Gasteiger partial charge on any atom is -0.743 e. The van der Waals surface area contributed by atoms with Gasteiger partial charge in [0.2, 0.25) is 0 Å². The molecule has 6 heterocycles. The van der Waals surface area contributed by atoms with E-state index in [-0.39, 0.29) is 108 Å². The average Bonchev–Trinajstić information content (AvgIpc) is 3.70. The molecule has 10 unspecified atom stereocenters. The summed E-state index contributed by atoms with van der Waals surface area (Å²) in [5, 5.41) is 6.49. The van der Waals surface area contributed by atoms with Crippen molar-refractivity contribution in [2.75, 3.05) is 13.2 Å². The number of alkyl halides is 4. The van der Waals surface area contributed by atoms with E-state index in [0.717, 1.165) is 0 Å². The number of halogens is 4. The summed E-state index contributed by atoms with van der Waals surface area (Å²) in [5.74, 6) is -7.10. The number of hydrogen-bond acceptors (Lipinski definition) is 16. The van der Waals surface area contributed by atoms with Crippen LogP contribution in [0.2, 0.25) is 0 Å². The van der Waals surface area contributed by atoms with Crippen LogP contribution in [0.3, 0.4) is 0 Å². The topological polar surface area (TPSA) is 269 Å². The molecule has 6 aliphatic heterocycles. The second kappa shape index (κ2) is 14.0. The predicted molar refractivity (Wildman–Crippen MR) is 115 cm³/mol. The Morgan fingerprint density at radius 2 is 1.22 bits per heavy atom. The number of ether oxygens (including phenoxy) is 5. The maximum atomic E-state index is 13.1. The molecular formula is C20H20F4Na2O17S2. The fraction of sp³-hybridized carbons (Fsp3) is 0.800. The Kier molecular flexibility index (Phi) is 12.6. The first-order chi connectivity index (χ1) is 19.6. The summed E-state index contributed by atoms with van der Waals surface area (Å²) < 4.78 is 133. The zero-order chi connectivity index (χ0) is 32.4. The molecule has 244 valence electrons. The van der Waals surface area contributed by atoms with Crippen molar-refractivity contribution >= 4 is 44.1 Å². The van der Waals surface area contributed by atoms with Gasteiger partial charge < -0.3 is 43.0 Å². The summed E-state index contributed by atoms with van der Waals surface area (Å²) in [6.45, 7) is 0.633. The third-order valence-corrected chi connectivity index (χ3v) is 9.28. The van der Waals surface area contributed by atoms with Gasteiger partial charge in [0.25, 0.3) is 0 Å². The molecule has 45 heavy (non-hydrogen) atoms. The molecule has 0 aliphatic carbocycles. The van der Waals surface area contributed by atoms with Gasteiger partial charge >= 0.3 is 93.5 Å². The Morgan fingerprint density at radius 1 is 0.800 bits per heavy atom. The van der Waals surface area contributed by atoms with Gasteiger partial charge in [-0.15, -0.1) is 0 Å². The van der Waals surface area contributed by atoms with Gasteiger partial charge in [-0.1, -0.05) is 0 Å². The zero-order valence-corrected chi connectivity index (χ0v) is 28.6. The summed E-state index contributed by atoms with van der Waals surface area (Å²) in [5.41, 5.74) is 0. The van der Waals surface area contributed by atoms with Crippen LogP contribution in [0.15, 0.2) is 0 Å². The van der Waals surface area contributed by atoms with Gasteiger partial charge in [-0.25, -0.2) is 26.4 Å². The van der Waals surface area contributed by atoms with Crippen LogP contribution < -0.4 is 59.1 Å². The Balaban J connectivity index is 0.000000251. The van der Waals surface area contributed by atoms with Crippen molar-refractivity contribution in [3.05, 3.63) is 0 Å².